The number of carbonyl (C=O) groups excluding carboxylic acids is 2. The van der Waals surface area contributed by atoms with Gasteiger partial charge in [0.2, 0.25) is 0 Å². The van der Waals surface area contributed by atoms with Gasteiger partial charge in [0.05, 0.1) is 5.56 Å². The second-order valence-electron chi connectivity index (χ2n) is 9.56. The molecule has 0 saturated carbocycles. The van der Waals surface area contributed by atoms with Crippen LogP contribution < -0.4 is 10.2 Å². The van der Waals surface area contributed by atoms with Gasteiger partial charge in [-0.3, -0.25) is 4.79 Å². The Kier molecular flexibility index (Phi) is 9.06. The smallest absolute Gasteiger partial charge is 0.338 e. The van der Waals surface area contributed by atoms with Gasteiger partial charge in [0, 0.05) is 44.7 Å². The van der Waals surface area contributed by atoms with E-state index in [1.165, 1.54) is 0 Å². The van der Waals surface area contributed by atoms with Crippen LogP contribution in [0.1, 0.15) is 67.7 Å². The van der Waals surface area contributed by atoms with E-state index in [-0.39, 0.29) is 11.8 Å². The lowest BCUT2D eigenvalue weighted by Gasteiger charge is -2.26. The molecule has 6 nitrogen and oxygen atoms in total. The van der Waals surface area contributed by atoms with Gasteiger partial charge in [-0.05, 0) is 95.5 Å². The Morgan fingerprint density at radius 1 is 0.879 bits per heavy atom. The first kappa shape index (κ1) is 26.4. The molecule has 33 heavy (non-hydrogen) atoms. The Hall–Kier alpha value is -2.86. The van der Waals surface area contributed by atoms with Crippen molar-refractivity contribution in [3.63, 3.8) is 0 Å². The number of unbranched alkanes of at least 4 members (excludes halogenated alkanes) is 1. The van der Waals surface area contributed by atoms with E-state index in [0.717, 1.165) is 24.2 Å². The summed E-state index contributed by atoms with van der Waals surface area (Å²) in [5, 5.41) is 3.04. The molecular formula is C27H38N2O4. The number of benzene rings is 2. The maximum Gasteiger partial charge on any atom is 0.338 e. The normalized spacial score (nSPS) is 11.7. The van der Waals surface area contributed by atoms with Crippen LogP contribution in [0, 0.1) is 0 Å². The molecule has 0 heterocycles. The zero-order valence-electron chi connectivity index (χ0n) is 21.0. The second kappa shape index (κ2) is 11.3. The van der Waals surface area contributed by atoms with E-state index in [2.05, 4.69) is 5.32 Å². The Morgan fingerprint density at radius 2 is 1.45 bits per heavy atom. The summed E-state index contributed by atoms with van der Waals surface area (Å²) in [4.78, 5) is 27.3. The molecule has 1 N–H and O–H groups in total. The lowest BCUT2D eigenvalue weighted by molar-refractivity contribution is -0.0150. The number of ether oxygens (including phenoxy) is 2. The van der Waals surface area contributed by atoms with Crippen molar-refractivity contribution in [2.75, 3.05) is 38.0 Å². The number of anilines is 2. The van der Waals surface area contributed by atoms with E-state index in [4.69, 9.17) is 9.47 Å². The fraction of sp³-hybridized carbons (Fsp3) is 0.481. The first-order chi connectivity index (χ1) is 15.4. The number of carbonyl (C=O) groups is 2. The van der Waals surface area contributed by atoms with Gasteiger partial charge in [0.1, 0.15) is 11.2 Å². The van der Waals surface area contributed by atoms with Gasteiger partial charge >= 0.3 is 5.97 Å². The van der Waals surface area contributed by atoms with Crippen LogP contribution in [-0.2, 0) is 9.47 Å². The largest absolute Gasteiger partial charge is 0.456 e. The van der Waals surface area contributed by atoms with Crippen LogP contribution in [0.25, 0.3) is 0 Å². The average molecular weight is 455 g/mol. The Labute approximate surface area is 198 Å². The molecule has 0 aliphatic heterocycles. The van der Waals surface area contributed by atoms with Crippen LogP contribution in [0.4, 0.5) is 11.4 Å². The van der Waals surface area contributed by atoms with E-state index in [1.807, 2.05) is 76.3 Å². The lowest BCUT2D eigenvalue weighted by atomic mass is 9.96. The number of nitrogens with zero attached hydrogens (tertiary/aromatic N) is 1. The monoisotopic (exact) mass is 454 g/mol. The first-order valence-electron chi connectivity index (χ1n) is 11.4. The molecule has 0 atom stereocenters. The molecule has 0 spiro atoms. The minimum atomic E-state index is -0.901. The molecule has 0 radical (unpaired) electrons. The Balaban J connectivity index is 1.77. The highest BCUT2D eigenvalue weighted by molar-refractivity contribution is 6.02. The number of hydrogen-bond donors (Lipinski definition) is 1. The van der Waals surface area contributed by atoms with Crippen LogP contribution in [-0.4, -0.2) is 50.7 Å². The molecule has 0 aromatic heterocycles. The van der Waals surface area contributed by atoms with E-state index in [0.29, 0.717) is 24.2 Å². The predicted octanol–water partition coefficient (Wildman–Crippen LogP) is 5.58. The highest BCUT2D eigenvalue weighted by Gasteiger charge is 2.29. The van der Waals surface area contributed by atoms with Crippen LogP contribution in [0.2, 0.25) is 0 Å². The van der Waals surface area contributed by atoms with Crippen molar-refractivity contribution in [2.45, 2.75) is 58.2 Å². The molecule has 2 aromatic carbocycles. The maximum absolute atomic E-state index is 12.8. The van der Waals surface area contributed by atoms with Gasteiger partial charge in [-0.2, -0.15) is 0 Å². The quantitative estimate of drug-likeness (QED) is 0.257. The molecule has 0 aliphatic rings. The summed E-state index contributed by atoms with van der Waals surface area (Å²) in [7, 11) is 5.76. The molecule has 0 unspecified atom stereocenters. The van der Waals surface area contributed by atoms with Crippen molar-refractivity contribution in [1.82, 2.24) is 0 Å². The fourth-order valence-electron chi connectivity index (χ4n) is 3.44. The standard InChI is InChI=1S/C27H38N2O4/c1-26(2,33-25(31)21-12-16-23(17-13-21)29(6)7)18-8-9-19-32-27(3,4)24(30)20-10-14-22(28-5)15-11-20/h10-17,28H,8-9,18-19H2,1-7H3. The van der Waals surface area contributed by atoms with Crippen molar-refractivity contribution in [3.05, 3.63) is 59.7 Å². The van der Waals surface area contributed by atoms with Gasteiger partial charge < -0.3 is 19.7 Å². The fourth-order valence-corrected chi connectivity index (χ4v) is 3.44. The van der Waals surface area contributed by atoms with Gasteiger partial charge in [-0.1, -0.05) is 0 Å². The highest BCUT2D eigenvalue weighted by atomic mass is 16.6. The molecule has 0 saturated heterocycles. The van der Waals surface area contributed by atoms with Gasteiger partial charge in [0.15, 0.2) is 5.78 Å². The van der Waals surface area contributed by atoms with Gasteiger partial charge in [0.25, 0.3) is 0 Å². The van der Waals surface area contributed by atoms with Crippen LogP contribution in [0.15, 0.2) is 48.5 Å². The van der Waals surface area contributed by atoms with Crippen LogP contribution >= 0.6 is 0 Å². The summed E-state index contributed by atoms with van der Waals surface area (Å²) >= 11 is 0. The number of Topliss-reactive ketones (excluding diaryl/α,β-unsaturated/α-hetero) is 1. The summed E-state index contributed by atoms with van der Waals surface area (Å²) < 4.78 is 11.7. The second-order valence-corrected chi connectivity index (χ2v) is 9.56. The molecule has 0 fully saturated rings. The summed E-state index contributed by atoms with van der Waals surface area (Å²) in [6, 6.07) is 14.7. The minimum absolute atomic E-state index is 0.0419. The zero-order valence-corrected chi connectivity index (χ0v) is 21.0. The highest BCUT2D eigenvalue weighted by Crippen LogP contribution is 2.23. The van der Waals surface area contributed by atoms with E-state index < -0.39 is 11.2 Å². The van der Waals surface area contributed by atoms with E-state index in [9.17, 15) is 9.59 Å². The molecule has 0 aliphatic carbocycles. The first-order valence-corrected chi connectivity index (χ1v) is 11.4. The molecular weight excluding hydrogens is 416 g/mol. The predicted molar refractivity (Wildman–Crippen MR) is 134 cm³/mol. The topological polar surface area (TPSA) is 67.9 Å². The van der Waals surface area contributed by atoms with Gasteiger partial charge in [-0.15, -0.1) is 0 Å². The third-order valence-corrected chi connectivity index (χ3v) is 5.61. The van der Waals surface area contributed by atoms with Crippen molar-refractivity contribution >= 4 is 23.1 Å². The Morgan fingerprint density at radius 3 is 2.00 bits per heavy atom. The van der Waals surface area contributed by atoms with E-state index >= 15 is 0 Å². The molecule has 2 rings (SSSR count). The summed E-state index contributed by atoms with van der Waals surface area (Å²) in [5.74, 6) is -0.364. The molecule has 2 aromatic rings. The molecule has 0 bridgehead atoms. The zero-order chi connectivity index (χ0) is 24.6. The van der Waals surface area contributed by atoms with Crippen LogP contribution in [0.5, 0.6) is 0 Å². The number of hydrogen-bond acceptors (Lipinski definition) is 6. The number of rotatable bonds is 12. The average Bonchev–Trinajstić information content (AvgIpc) is 2.78. The number of esters is 1. The Bertz CT molecular complexity index is 916. The van der Waals surface area contributed by atoms with Crippen molar-refractivity contribution in [2.24, 2.45) is 0 Å². The van der Waals surface area contributed by atoms with Crippen molar-refractivity contribution in [3.8, 4) is 0 Å². The third-order valence-electron chi connectivity index (χ3n) is 5.61. The molecule has 180 valence electrons. The minimum Gasteiger partial charge on any atom is -0.456 e. The summed E-state index contributed by atoms with van der Waals surface area (Å²) in [6.45, 7) is 7.90. The summed E-state index contributed by atoms with van der Waals surface area (Å²) in [6.07, 6.45) is 2.30. The molecule has 0 amide bonds. The summed E-state index contributed by atoms with van der Waals surface area (Å²) in [5.41, 5.74) is 1.67. The van der Waals surface area contributed by atoms with E-state index in [1.54, 1.807) is 26.0 Å². The molecule has 6 heteroatoms. The third kappa shape index (κ3) is 7.90. The number of ketones is 1. The van der Waals surface area contributed by atoms with Crippen molar-refractivity contribution in [1.29, 1.82) is 0 Å². The maximum atomic E-state index is 12.8. The van der Waals surface area contributed by atoms with Gasteiger partial charge in [-0.25, -0.2) is 4.79 Å². The number of nitrogens with one attached hydrogen (secondary N) is 1. The SMILES string of the molecule is CNc1ccc(C(=O)C(C)(C)OCCCCC(C)(C)OC(=O)c2ccc(N(C)C)cc2)cc1. The lowest BCUT2D eigenvalue weighted by Crippen LogP contribution is -2.35. The van der Waals surface area contributed by atoms with Crippen LogP contribution in [0.3, 0.4) is 0 Å². The van der Waals surface area contributed by atoms with Crippen molar-refractivity contribution < 1.29 is 19.1 Å².